The zero-order chi connectivity index (χ0) is 14.8. The fourth-order valence-corrected chi connectivity index (χ4v) is 1.40. The lowest BCUT2D eigenvalue weighted by molar-refractivity contribution is -0.143. The molecule has 0 aliphatic rings. The van der Waals surface area contributed by atoms with E-state index in [-0.39, 0.29) is 6.07 Å². The van der Waals surface area contributed by atoms with Crippen molar-refractivity contribution >= 4 is 5.97 Å². The first-order valence-corrected chi connectivity index (χ1v) is 4.90. The van der Waals surface area contributed by atoms with Crippen molar-refractivity contribution < 1.29 is 35.9 Å². The Labute approximate surface area is 104 Å². The summed E-state index contributed by atoms with van der Waals surface area (Å²) in [5, 5.41) is 0. The van der Waals surface area contributed by atoms with Gasteiger partial charge in [-0.2, -0.15) is 26.3 Å². The van der Waals surface area contributed by atoms with E-state index in [4.69, 9.17) is 0 Å². The number of carbonyl (C=O) groups excluding carboxylic acids is 1. The summed E-state index contributed by atoms with van der Waals surface area (Å²) in [6.07, 6.45) is -10.6. The van der Waals surface area contributed by atoms with E-state index in [0.717, 1.165) is 7.11 Å². The summed E-state index contributed by atoms with van der Waals surface area (Å²) in [6.45, 7) is 0. The molecule has 0 unspecified atom stereocenters. The number of alkyl halides is 6. The van der Waals surface area contributed by atoms with Crippen molar-refractivity contribution in [1.29, 1.82) is 0 Å². The van der Waals surface area contributed by atoms with Gasteiger partial charge in [-0.05, 0) is 17.7 Å². The lowest BCUT2D eigenvalue weighted by Gasteiger charge is -2.15. The number of methoxy groups -OCH3 is 1. The van der Waals surface area contributed by atoms with E-state index in [0.29, 0.717) is 12.1 Å². The van der Waals surface area contributed by atoms with Crippen LogP contribution in [0.15, 0.2) is 18.2 Å². The molecule has 0 spiro atoms. The van der Waals surface area contributed by atoms with Gasteiger partial charge in [0.2, 0.25) is 0 Å². The first kappa shape index (κ1) is 15.3. The number of benzene rings is 1. The molecule has 0 bridgehead atoms. The molecule has 0 radical (unpaired) electrons. The second-order valence-corrected chi connectivity index (χ2v) is 3.62. The van der Waals surface area contributed by atoms with Gasteiger partial charge < -0.3 is 4.74 Å². The summed E-state index contributed by atoms with van der Waals surface area (Å²) >= 11 is 0. The molecule has 19 heavy (non-hydrogen) atoms. The van der Waals surface area contributed by atoms with E-state index >= 15 is 0 Å². The van der Waals surface area contributed by atoms with Crippen molar-refractivity contribution in [1.82, 2.24) is 0 Å². The number of esters is 1. The van der Waals surface area contributed by atoms with Crippen LogP contribution in [0.2, 0.25) is 0 Å². The molecule has 1 rings (SSSR count). The molecule has 0 fully saturated rings. The summed E-state index contributed by atoms with van der Waals surface area (Å²) < 4.78 is 79.2. The molecule has 106 valence electrons. The lowest BCUT2D eigenvalue weighted by Crippen LogP contribution is -2.16. The van der Waals surface area contributed by atoms with Gasteiger partial charge in [-0.25, -0.2) is 0 Å². The zero-order valence-electron chi connectivity index (χ0n) is 9.52. The van der Waals surface area contributed by atoms with Crippen LogP contribution in [0.3, 0.4) is 0 Å². The van der Waals surface area contributed by atoms with E-state index in [1.54, 1.807) is 0 Å². The molecule has 0 aliphatic carbocycles. The van der Waals surface area contributed by atoms with Gasteiger partial charge in [0.15, 0.2) is 0 Å². The molecular formula is C11H8F6O2. The quantitative estimate of drug-likeness (QED) is 0.615. The summed E-state index contributed by atoms with van der Waals surface area (Å²) in [4.78, 5) is 10.9. The third kappa shape index (κ3) is 3.87. The maximum absolute atomic E-state index is 12.7. The Balaban J connectivity index is 3.29. The Bertz CT molecular complexity index is 475. The Morgan fingerprint density at radius 1 is 1.11 bits per heavy atom. The number of ether oxygens (including phenoxy) is 1. The average Bonchev–Trinajstić information content (AvgIpc) is 2.26. The highest BCUT2D eigenvalue weighted by Gasteiger charge is 2.38. The molecule has 1 aromatic carbocycles. The molecule has 2 nitrogen and oxygen atoms in total. The third-order valence-corrected chi connectivity index (χ3v) is 2.31. The second-order valence-electron chi connectivity index (χ2n) is 3.62. The van der Waals surface area contributed by atoms with Crippen LogP contribution in [0, 0.1) is 0 Å². The van der Waals surface area contributed by atoms with Crippen LogP contribution in [-0.2, 0) is 28.3 Å². The lowest BCUT2D eigenvalue weighted by atomic mass is 10.0. The summed E-state index contributed by atoms with van der Waals surface area (Å²) in [5.41, 5.74) is -3.48. The fourth-order valence-electron chi connectivity index (χ4n) is 1.40. The van der Waals surface area contributed by atoms with Crippen molar-refractivity contribution in [2.24, 2.45) is 0 Å². The average molecular weight is 286 g/mol. The normalized spacial score (nSPS) is 12.4. The van der Waals surface area contributed by atoms with Crippen molar-refractivity contribution in [2.75, 3.05) is 7.11 Å². The van der Waals surface area contributed by atoms with Crippen LogP contribution in [0.1, 0.15) is 16.7 Å². The van der Waals surface area contributed by atoms with Gasteiger partial charge in [-0.3, -0.25) is 4.79 Å². The molecule has 0 saturated heterocycles. The van der Waals surface area contributed by atoms with E-state index in [9.17, 15) is 31.1 Å². The van der Waals surface area contributed by atoms with Gasteiger partial charge in [0.05, 0.1) is 24.7 Å². The van der Waals surface area contributed by atoms with Gasteiger partial charge in [-0.1, -0.05) is 6.07 Å². The molecule has 0 saturated carbocycles. The smallest absolute Gasteiger partial charge is 0.416 e. The Hall–Kier alpha value is -1.73. The molecule has 1 aromatic rings. The minimum atomic E-state index is -4.98. The highest BCUT2D eigenvalue weighted by Crippen LogP contribution is 2.37. The monoisotopic (exact) mass is 286 g/mol. The van der Waals surface area contributed by atoms with E-state index < -0.39 is 41.4 Å². The molecule has 0 aromatic heterocycles. The van der Waals surface area contributed by atoms with Crippen LogP contribution in [0.25, 0.3) is 0 Å². The maximum Gasteiger partial charge on any atom is 0.416 e. The molecule has 0 N–H and O–H groups in total. The number of halogens is 6. The van der Waals surface area contributed by atoms with Crippen LogP contribution in [0.5, 0.6) is 0 Å². The van der Waals surface area contributed by atoms with Crippen molar-refractivity contribution in [2.45, 2.75) is 18.8 Å². The molecule has 8 heteroatoms. The molecule has 0 heterocycles. The van der Waals surface area contributed by atoms with Gasteiger partial charge in [0.25, 0.3) is 0 Å². The topological polar surface area (TPSA) is 26.3 Å². The summed E-state index contributed by atoms with van der Waals surface area (Å²) in [7, 11) is 0.972. The van der Waals surface area contributed by atoms with Gasteiger partial charge in [0.1, 0.15) is 0 Å². The highest BCUT2D eigenvalue weighted by molar-refractivity contribution is 5.73. The first-order chi connectivity index (χ1) is 8.55. The van der Waals surface area contributed by atoms with Crippen molar-refractivity contribution in [3.05, 3.63) is 34.9 Å². The van der Waals surface area contributed by atoms with E-state index in [1.165, 1.54) is 0 Å². The number of hydrogen-bond donors (Lipinski definition) is 0. The number of rotatable bonds is 2. The van der Waals surface area contributed by atoms with Crippen LogP contribution >= 0.6 is 0 Å². The van der Waals surface area contributed by atoms with E-state index in [1.807, 2.05) is 0 Å². The van der Waals surface area contributed by atoms with Crippen molar-refractivity contribution in [3.8, 4) is 0 Å². The third-order valence-electron chi connectivity index (χ3n) is 2.31. The minimum absolute atomic E-state index is 0.0156. The van der Waals surface area contributed by atoms with Gasteiger partial charge in [-0.15, -0.1) is 0 Å². The zero-order valence-corrected chi connectivity index (χ0v) is 9.52. The Morgan fingerprint density at radius 3 is 2.11 bits per heavy atom. The molecule has 0 atom stereocenters. The first-order valence-electron chi connectivity index (χ1n) is 4.90. The predicted octanol–water partition coefficient (Wildman–Crippen LogP) is 3.44. The van der Waals surface area contributed by atoms with Crippen LogP contribution in [-0.4, -0.2) is 13.1 Å². The molecule has 0 aliphatic heterocycles. The largest absolute Gasteiger partial charge is 0.469 e. The van der Waals surface area contributed by atoms with Gasteiger partial charge in [0, 0.05) is 0 Å². The van der Waals surface area contributed by atoms with Crippen LogP contribution < -0.4 is 0 Å². The minimum Gasteiger partial charge on any atom is -0.469 e. The Kier molecular flexibility index (Phi) is 4.12. The van der Waals surface area contributed by atoms with Crippen molar-refractivity contribution in [3.63, 3.8) is 0 Å². The number of carbonyl (C=O) groups is 1. The molecule has 0 amide bonds. The standard InChI is InChI=1S/C11H8F6O2/c1-19-9(18)4-6-2-3-7(10(12,13)14)5-8(6)11(15,16)17/h2-3,5H,4H2,1H3. The fraction of sp³-hybridized carbons (Fsp3) is 0.364. The van der Waals surface area contributed by atoms with Crippen LogP contribution in [0.4, 0.5) is 26.3 Å². The highest BCUT2D eigenvalue weighted by atomic mass is 19.4. The predicted molar refractivity (Wildman–Crippen MR) is 52.2 cm³/mol. The number of hydrogen-bond acceptors (Lipinski definition) is 2. The second kappa shape index (κ2) is 5.10. The summed E-state index contributed by atoms with van der Waals surface area (Å²) in [6, 6.07) is 1.11. The molecular weight excluding hydrogens is 278 g/mol. The van der Waals surface area contributed by atoms with Gasteiger partial charge >= 0.3 is 18.3 Å². The Morgan fingerprint density at radius 2 is 1.68 bits per heavy atom. The summed E-state index contributed by atoms with van der Waals surface area (Å²) in [5.74, 6) is -0.967. The van der Waals surface area contributed by atoms with E-state index in [2.05, 4.69) is 4.74 Å². The SMILES string of the molecule is COC(=O)Cc1ccc(C(F)(F)F)cc1C(F)(F)F. The maximum atomic E-state index is 12.7.